The lowest BCUT2D eigenvalue weighted by atomic mass is 10.1. The third-order valence-corrected chi connectivity index (χ3v) is 3.59. The average molecular weight is 273 g/mol. The Hall–Kier alpha value is -1.71. The van der Waals surface area contributed by atoms with Crippen LogP contribution >= 0.6 is 0 Å². The standard InChI is InChI=1S/C16H24N4/c1-2-3-4-5-6-7-11-14-16-17-18-19-20(16)15-12-9-8-10-13-15/h8-10,12-13H,2-7,11,14H2,1H3/p+1. The molecule has 108 valence electrons. The predicted octanol–water partition coefficient (Wildman–Crippen LogP) is 3.37. The van der Waals surface area contributed by atoms with E-state index in [2.05, 4.69) is 34.6 Å². The molecule has 0 saturated heterocycles. The van der Waals surface area contributed by atoms with Gasteiger partial charge in [-0.2, -0.15) is 0 Å². The maximum atomic E-state index is 4.20. The lowest BCUT2D eigenvalue weighted by molar-refractivity contribution is -0.668. The van der Waals surface area contributed by atoms with Crippen molar-refractivity contribution in [2.75, 3.05) is 0 Å². The second-order valence-corrected chi connectivity index (χ2v) is 5.26. The third-order valence-electron chi connectivity index (χ3n) is 3.59. The Labute approximate surface area is 121 Å². The molecule has 0 spiro atoms. The molecule has 0 aliphatic carbocycles. The fraction of sp³-hybridized carbons (Fsp3) is 0.562. The van der Waals surface area contributed by atoms with Gasteiger partial charge in [-0.3, -0.25) is 0 Å². The van der Waals surface area contributed by atoms with Crippen molar-refractivity contribution in [2.24, 2.45) is 0 Å². The molecule has 1 N–H and O–H groups in total. The minimum Gasteiger partial charge on any atom is -0.127 e. The number of tetrazole rings is 1. The van der Waals surface area contributed by atoms with Gasteiger partial charge >= 0.3 is 5.82 Å². The van der Waals surface area contributed by atoms with E-state index in [0.29, 0.717) is 0 Å². The van der Waals surface area contributed by atoms with E-state index in [0.717, 1.165) is 17.9 Å². The van der Waals surface area contributed by atoms with Crippen LogP contribution in [0.4, 0.5) is 0 Å². The molecule has 0 unspecified atom stereocenters. The number of rotatable bonds is 9. The Morgan fingerprint density at radius 3 is 2.40 bits per heavy atom. The lowest BCUT2D eigenvalue weighted by Gasteiger charge is -2.00. The number of para-hydroxylation sites is 1. The summed E-state index contributed by atoms with van der Waals surface area (Å²) < 4.78 is 1.97. The fourth-order valence-electron chi connectivity index (χ4n) is 2.41. The van der Waals surface area contributed by atoms with Crippen LogP contribution < -0.4 is 4.68 Å². The SMILES string of the molecule is CCCCCCCCCc1nn[nH][n+]1-c1ccccc1. The molecule has 0 amide bonds. The highest BCUT2D eigenvalue weighted by atomic mass is 15.5. The number of aromatic amines is 1. The first kappa shape index (κ1) is 14.7. The van der Waals surface area contributed by atoms with Crippen molar-refractivity contribution in [3.63, 3.8) is 0 Å². The van der Waals surface area contributed by atoms with Crippen molar-refractivity contribution in [3.8, 4) is 5.69 Å². The number of benzene rings is 1. The van der Waals surface area contributed by atoms with E-state index >= 15 is 0 Å². The van der Waals surface area contributed by atoms with Crippen LogP contribution in [-0.2, 0) is 6.42 Å². The molecule has 2 rings (SSSR count). The second-order valence-electron chi connectivity index (χ2n) is 5.26. The molecular formula is C16H25N4+. The number of H-pyrrole nitrogens is 1. The van der Waals surface area contributed by atoms with Gasteiger partial charge in [0.2, 0.25) is 0 Å². The summed E-state index contributed by atoms with van der Waals surface area (Å²) >= 11 is 0. The first-order chi connectivity index (χ1) is 9.92. The minimum atomic E-state index is 0.985. The van der Waals surface area contributed by atoms with Gasteiger partial charge in [-0.1, -0.05) is 68.9 Å². The Kier molecular flexibility index (Phi) is 6.21. The van der Waals surface area contributed by atoms with E-state index < -0.39 is 0 Å². The summed E-state index contributed by atoms with van der Waals surface area (Å²) in [5.74, 6) is 1.02. The van der Waals surface area contributed by atoms with Crippen LogP contribution in [0, 0.1) is 0 Å². The van der Waals surface area contributed by atoms with E-state index in [1.165, 1.54) is 44.9 Å². The van der Waals surface area contributed by atoms with Crippen LogP contribution in [0.5, 0.6) is 0 Å². The van der Waals surface area contributed by atoms with Crippen molar-refractivity contribution in [1.29, 1.82) is 0 Å². The van der Waals surface area contributed by atoms with Crippen LogP contribution in [0.3, 0.4) is 0 Å². The van der Waals surface area contributed by atoms with E-state index in [1.54, 1.807) is 0 Å². The summed E-state index contributed by atoms with van der Waals surface area (Å²) in [5.41, 5.74) is 1.09. The zero-order chi connectivity index (χ0) is 14.0. The summed E-state index contributed by atoms with van der Waals surface area (Å²) in [5, 5.41) is 11.1. The van der Waals surface area contributed by atoms with Gasteiger partial charge in [0.25, 0.3) is 0 Å². The summed E-state index contributed by atoms with van der Waals surface area (Å²) in [7, 11) is 0. The van der Waals surface area contributed by atoms with E-state index in [9.17, 15) is 0 Å². The normalized spacial score (nSPS) is 10.8. The average Bonchev–Trinajstić information content (AvgIpc) is 2.96. The van der Waals surface area contributed by atoms with Gasteiger partial charge in [0.15, 0.2) is 5.21 Å². The lowest BCUT2D eigenvalue weighted by Crippen LogP contribution is -2.37. The summed E-state index contributed by atoms with van der Waals surface area (Å²) in [6.07, 6.45) is 10.2. The summed E-state index contributed by atoms with van der Waals surface area (Å²) in [6, 6.07) is 10.2. The van der Waals surface area contributed by atoms with E-state index in [-0.39, 0.29) is 0 Å². The number of hydrogen-bond donors (Lipinski definition) is 1. The molecule has 4 heteroatoms. The number of aromatic nitrogens is 4. The fourth-order valence-corrected chi connectivity index (χ4v) is 2.41. The minimum absolute atomic E-state index is 0.985. The van der Waals surface area contributed by atoms with Gasteiger partial charge in [-0.05, 0) is 18.6 Å². The molecule has 0 radical (unpaired) electrons. The number of unbranched alkanes of at least 4 members (excludes halogenated alkanes) is 6. The number of hydrogen-bond acceptors (Lipinski definition) is 2. The summed E-state index contributed by atoms with van der Waals surface area (Å²) in [4.78, 5) is 0. The smallest absolute Gasteiger partial charge is 0.127 e. The second kappa shape index (κ2) is 8.46. The maximum absolute atomic E-state index is 4.20. The Morgan fingerprint density at radius 1 is 0.950 bits per heavy atom. The van der Waals surface area contributed by atoms with Gasteiger partial charge < -0.3 is 0 Å². The van der Waals surface area contributed by atoms with Gasteiger partial charge in [0.1, 0.15) is 10.8 Å². The van der Waals surface area contributed by atoms with Crippen molar-refractivity contribution in [1.82, 2.24) is 15.5 Å². The Bertz CT molecular complexity index is 478. The highest BCUT2D eigenvalue weighted by Gasteiger charge is 2.15. The van der Waals surface area contributed by atoms with Gasteiger partial charge in [-0.15, -0.1) is 4.68 Å². The van der Waals surface area contributed by atoms with Crippen LogP contribution in [0.2, 0.25) is 0 Å². The Morgan fingerprint density at radius 2 is 1.65 bits per heavy atom. The van der Waals surface area contributed by atoms with Crippen LogP contribution in [0.1, 0.15) is 57.7 Å². The predicted molar refractivity (Wildman–Crippen MR) is 79.6 cm³/mol. The molecule has 0 atom stereocenters. The highest BCUT2D eigenvalue weighted by molar-refractivity contribution is 5.20. The molecule has 0 saturated carbocycles. The van der Waals surface area contributed by atoms with Crippen LogP contribution in [0.15, 0.2) is 30.3 Å². The zero-order valence-electron chi connectivity index (χ0n) is 12.4. The van der Waals surface area contributed by atoms with Crippen molar-refractivity contribution in [3.05, 3.63) is 36.2 Å². The topological polar surface area (TPSA) is 45.5 Å². The first-order valence-electron chi connectivity index (χ1n) is 7.79. The molecule has 0 aliphatic rings. The molecule has 0 aliphatic heterocycles. The Balaban J connectivity index is 1.76. The van der Waals surface area contributed by atoms with Crippen LogP contribution in [0.25, 0.3) is 5.69 Å². The summed E-state index contributed by atoms with van der Waals surface area (Å²) in [6.45, 7) is 2.26. The quantitative estimate of drug-likeness (QED) is 0.562. The molecule has 4 nitrogen and oxygen atoms in total. The van der Waals surface area contributed by atoms with E-state index in [1.807, 2.05) is 22.9 Å². The third kappa shape index (κ3) is 4.44. The molecule has 2 aromatic rings. The van der Waals surface area contributed by atoms with Gasteiger partial charge in [0.05, 0.1) is 0 Å². The zero-order valence-corrected chi connectivity index (χ0v) is 12.4. The molecule has 20 heavy (non-hydrogen) atoms. The molecule has 1 aromatic heterocycles. The molecule has 0 fully saturated rings. The molecule has 0 bridgehead atoms. The molecular weight excluding hydrogens is 248 g/mol. The van der Waals surface area contributed by atoms with Crippen molar-refractivity contribution in [2.45, 2.75) is 58.3 Å². The number of nitrogens with one attached hydrogen (secondary N) is 1. The van der Waals surface area contributed by atoms with Crippen molar-refractivity contribution >= 4 is 0 Å². The number of aryl methyl sites for hydroxylation is 1. The van der Waals surface area contributed by atoms with Gasteiger partial charge in [-0.25, -0.2) is 0 Å². The highest BCUT2D eigenvalue weighted by Crippen LogP contribution is 2.08. The molecule has 1 aromatic carbocycles. The van der Waals surface area contributed by atoms with Gasteiger partial charge in [0, 0.05) is 6.42 Å². The van der Waals surface area contributed by atoms with E-state index in [4.69, 9.17) is 0 Å². The monoisotopic (exact) mass is 273 g/mol. The molecule has 1 heterocycles. The maximum Gasteiger partial charge on any atom is 0.305 e. The van der Waals surface area contributed by atoms with Crippen LogP contribution in [-0.4, -0.2) is 15.5 Å². The largest absolute Gasteiger partial charge is 0.305 e. The van der Waals surface area contributed by atoms with Crippen molar-refractivity contribution < 1.29 is 4.68 Å². The number of nitrogens with zero attached hydrogens (tertiary/aromatic N) is 3. The first-order valence-corrected chi connectivity index (χ1v) is 7.79.